The fourth-order valence-corrected chi connectivity index (χ4v) is 3.82. The first-order valence-electron chi connectivity index (χ1n) is 9.42. The Hall–Kier alpha value is -2.67. The molecule has 6 nitrogen and oxygen atoms in total. The van der Waals surface area contributed by atoms with Gasteiger partial charge in [-0.15, -0.1) is 0 Å². The Labute approximate surface area is 165 Å². The minimum atomic E-state index is -3.42. The van der Waals surface area contributed by atoms with Crippen molar-refractivity contribution in [2.24, 2.45) is 0 Å². The molecule has 0 atom stereocenters. The Bertz CT molecular complexity index is 1180. The van der Waals surface area contributed by atoms with E-state index in [0.29, 0.717) is 22.0 Å². The molecule has 0 aliphatic rings. The molecule has 2 aromatic carbocycles. The summed E-state index contributed by atoms with van der Waals surface area (Å²) in [7, 11) is -3.42. The van der Waals surface area contributed by atoms with Crippen molar-refractivity contribution in [3.8, 4) is 0 Å². The highest BCUT2D eigenvalue weighted by atomic mass is 32.2. The van der Waals surface area contributed by atoms with Crippen LogP contribution >= 0.6 is 0 Å². The van der Waals surface area contributed by atoms with Crippen molar-refractivity contribution >= 4 is 43.1 Å². The van der Waals surface area contributed by atoms with Gasteiger partial charge in [-0.25, -0.2) is 8.42 Å². The first-order valence-corrected chi connectivity index (χ1v) is 11.3. The number of unbranched alkanes of at least 4 members (excludes halogenated alkanes) is 1. The molecule has 0 bridgehead atoms. The zero-order chi connectivity index (χ0) is 20.3. The highest BCUT2D eigenvalue weighted by molar-refractivity contribution is 7.92. The fourth-order valence-electron chi connectivity index (χ4n) is 3.26. The molecule has 3 rings (SSSR count). The average Bonchev–Trinajstić information content (AvgIpc) is 2.78. The van der Waals surface area contributed by atoms with Gasteiger partial charge in [0.1, 0.15) is 0 Å². The van der Waals surface area contributed by atoms with Gasteiger partial charge in [0.25, 0.3) is 0 Å². The van der Waals surface area contributed by atoms with Crippen LogP contribution in [-0.2, 0) is 10.0 Å². The van der Waals surface area contributed by atoms with E-state index in [0.717, 1.165) is 43.3 Å². The number of pyridine rings is 1. The molecular formula is C21H25N3O3S. The molecule has 3 aromatic rings. The number of hydrogen-bond acceptors (Lipinski definition) is 5. The molecule has 1 heterocycles. The van der Waals surface area contributed by atoms with E-state index in [9.17, 15) is 13.2 Å². The number of anilines is 2. The molecule has 28 heavy (non-hydrogen) atoms. The van der Waals surface area contributed by atoms with E-state index in [1.54, 1.807) is 18.2 Å². The lowest BCUT2D eigenvalue weighted by molar-refractivity contribution is 0.607. The van der Waals surface area contributed by atoms with Crippen LogP contribution in [0.5, 0.6) is 0 Å². The number of rotatable bonds is 7. The van der Waals surface area contributed by atoms with Gasteiger partial charge in [-0.2, -0.15) is 0 Å². The van der Waals surface area contributed by atoms with Crippen LogP contribution in [0.25, 0.3) is 21.7 Å². The van der Waals surface area contributed by atoms with Crippen LogP contribution in [0.3, 0.4) is 0 Å². The summed E-state index contributed by atoms with van der Waals surface area (Å²) < 4.78 is 25.5. The van der Waals surface area contributed by atoms with Crippen LogP contribution in [0.4, 0.5) is 11.4 Å². The maximum absolute atomic E-state index is 13.2. The van der Waals surface area contributed by atoms with Crippen LogP contribution in [0.15, 0.2) is 47.4 Å². The van der Waals surface area contributed by atoms with E-state index < -0.39 is 10.0 Å². The number of benzene rings is 1. The quantitative estimate of drug-likeness (QED) is 0.655. The molecule has 148 valence electrons. The van der Waals surface area contributed by atoms with Gasteiger partial charge in [-0.1, -0.05) is 25.5 Å². The van der Waals surface area contributed by atoms with Gasteiger partial charge in [0, 0.05) is 24.2 Å². The van der Waals surface area contributed by atoms with Crippen LogP contribution < -0.4 is 15.1 Å². The summed E-state index contributed by atoms with van der Waals surface area (Å²) in [5.74, 6) is 0. The molecule has 1 aromatic heterocycles. The maximum atomic E-state index is 13.2. The smallest absolute Gasteiger partial charge is 0.229 e. The number of hydrogen-bond donors (Lipinski definition) is 1. The van der Waals surface area contributed by atoms with Crippen molar-refractivity contribution in [2.75, 3.05) is 29.0 Å². The molecular weight excluding hydrogens is 374 g/mol. The predicted octanol–water partition coefficient (Wildman–Crippen LogP) is 3.75. The number of nitrogens with zero attached hydrogens (tertiary/aromatic N) is 2. The first-order chi connectivity index (χ1) is 13.3. The van der Waals surface area contributed by atoms with Crippen LogP contribution in [-0.4, -0.2) is 32.7 Å². The van der Waals surface area contributed by atoms with Crippen molar-refractivity contribution in [2.45, 2.75) is 26.7 Å². The molecule has 0 amide bonds. The number of aromatic nitrogens is 1. The van der Waals surface area contributed by atoms with Gasteiger partial charge in [0.2, 0.25) is 10.0 Å². The summed E-state index contributed by atoms with van der Waals surface area (Å²) >= 11 is 0. The second-order valence-corrected chi connectivity index (χ2v) is 8.65. The third-order valence-electron chi connectivity index (χ3n) is 4.70. The van der Waals surface area contributed by atoms with Gasteiger partial charge in [-0.3, -0.25) is 14.5 Å². The lowest BCUT2D eigenvalue weighted by atomic mass is 10.1. The van der Waals surface area contributed by atoms with Crippen molar-refractivity contribution < 1.29 is 8.42 Å². The second kappa shape index (κ2) is 8.14. The fraction of sp³-hybridized carbons (Fsp3) is 0.333. The number of nitrogens with one attached hydrogen (secondary N) is 1. The summed E-state index contributed by atoms with van der Waals surface area (Å²) in [5.41, 5.74) is 1.75. The van der Waals surface area contributed by atoms with Gasteiger partial charge in [0.05, 0.1) is 29.0 Å². The second-order valence-electron chi connectivity index (χ2n) is 6.90. The Kier molecular flexibility index (Phi) is 5.84. The van der Waals surface area contributed by atoms with Crippen LogP contribution in [0.2, 0.25) is 0 Å². The third kappa shape index (κ3) is 4.42. The van der Waals surface area contributed by atoms with Crippen molar-refractivity contribution in [3.63, 3.8) is 0 Å². The predicted molar refractivity (Wildman–Crippen MR) is 117 cm³/mol. The van der Waals surface area contributed by atoms with E-state index in [1.807, 2.05) is 24.4 Å². The lowest BCUT2D eigenvalue weighted by Gasteiger charge is -2.22. The monoisotopic (exact) mass is 399 g/mol. The first kappa shape index (κ1) is 20.1. The zero-order valence-corrected chi connectivity index (χ0v) is 17.2. The van der Waals surface area contributed by atoms with Crippen molar-refractivity contribution in [3.05, 3.63) is 52.8 Å². The van der Waals surface area contributed by atoms with Gasteiger partial charge in [-0.05, 0) is 43.0 Å². The summed E-state index contributed by atoms with van der Waals surface area (Å²) in [6, 6.07) is 10.5. The maximum Gasteiger partial charge on any atom is 0.229 e. The minimum Gasteiger partial charge on any atom is -0.371 e. The molecule has 0 aliphatic heterocycles. The topological polar surface area (TPSA) is 79.4 Å². The molecule has 0 unspecified atom stereocenters. The highest BCUT2D eigenvalue weighted by Gasteiger charge is 2.10. The summed E-state index contributed by atoms with van der Waals surface area (Å²) in [5, 5.41) is 1.72. The SMILES string of the molecule is CCCCN(CC)c1cnc2ccc3ccc(NS(C)(=O)=O)cc3c(=O)c2c1. The average molecular weight is 400 g/mol. The van der Waals surface area contributed by atoms with E-state index in [4.69, 9.17) is 0 Å². The van der Waals surface area contributed by atoms with E-state index in [2.05, 4.69) is 28.5 Å². The Morgan fingerprint density at radius 2 is 1.82 bits per heavy atom. The van der Waals surface area contributed by atoms with E-state index >= 15 is 0 Å². The lowest BCUT2D eigenvalue weighted by Crippen LogP contribution is -2.24. The third-order valence-corrected chi connectivity index (χ3v) is 5.31. The van der Waals surface area contributed by atoms with E-state index in [1.165, 1.54) is 0 Å². The van der Waals surface area contributed by atoms with Gasteiger partial charge >= 0.3 is 0 Å². The number of sulfonamides is 1. The van der Waals surface area contributed by atoms with Gasteiger partial charge in [0.15, 0.2) is 5.43 Å². The molecule has 0 radical (unpaired) electrons. The van der Waals surface area contributed by atoms with Crippen molar-refractivity contribution in [1.82, 2.24) is 4.98 Å². The molecule has 0 saturated carbocycles. The highest BCUT2D eigenvalue weighted by Crippen LogP contribution is 2.22. The molecule has 0 saturated heterocycles. The molecule has 0 aliphatic carbocycles. The molecule has 0 spiro atoms. The summed E-state index contributed by atoms with van der Waals surface area (Å²) in [6.07, 6.45) is 5.06. The molecule has 7 heteroatoms. The summed E-state index contributed by atoms with van der Waals surface area (Å²) in [4.78, 5) is 20.0. The normalized spacial score (nSPS) is 11.7. The zero-order valence-electron chi connectivity index (χ0n) is 16.4. The van der Waals surface area contributed by atoms with E-state index in [-0.39, 0.29) is 5.43 Å². The standard InChI is InChI=1S/C21H25N3O3S/c1-4-6-11-24(5-2)17-13-19-20(22-14-17)10-8-15-7-9-16(23-28(3,26)27)12-18(15)21(19)25/h7-10,12-14,23H,4-6,11H2,1-3H3. The Morgan fingerprint density at radius 3 is 2.50 bits per heavy atom. The largest absolute Gasteiger partial charge is 0.371 e. The molecule has 0 fully saturated rings. The minimum absolute atomic E-state index is 0.159. The Morgan fingerprint density at radius 1 is 1.07 bits per heavy atom. The van der Waals surface area contributed by atoms with Crippen molar-refractivity contribution in [1.29, 1.82) is 0 Å². The van der Waals surface area contributed by atoms with Gasteiger partial charge < -0.3 is 4.90 Å². The molecule has 1 N–H and O–H groups in total. The number of fused-ring (bicyclic) bond motifs is 2. The Balaban J connectivity index is 2.20. The van der Waals surface area contributed by atoms with Crippen LogP contribution in [0, 0.1) is 0 Å². The summed E-state index contributed by atoms with van der Waals surface area (Å²) in [6.45, 7) is 5.98. The van der Waals surface area contributed by atoms with Crippen LogP contribution in [0.1, 0.15) is 26.7 Å².